The number of sulfone groups is 1. The van der Waals surface area contributed by atoms with Crippen LogP contribution in [-0.2, 0) is 9.84 Å². The lowest BCUT2D eigenvalue weighted by Gasteiger charge is -2.40. The minimum atomic E-state index is -3.03. The van der Waals surface area contributed by atoms with Gasteiger partial charge >= 0.3 is 0 Å². The summed E-state index contributed by atoms with van der Waals surface area (Å²) in [4.78, 5) is 19.7. The second-order valence-electron chi connectivity index (χ2n) is 8.48. The molecule has 1 saturated heterocycles. The van der Waals surface area contributed by atoms with Crippen LogP contribution in [0.5, 0.6) is 0 Å². The van der Waals surface area contributed by atoms with E-state index in [9.17, 15) is 13.2 Å². The SMILES string of the molecule is O=C(c1cnc(Nc2cccc(Br)c2)c2c1C1CCC2CC1)N1CCS(=O)(=O)CC1. The van der Waals surface area contributed by atoms with Gasteiger partial charge < -0.3 is 10.2 Å². The van der Waals surface area contributed by atoms with Gasteiger partial charge in [-0.2, -0.15) is 0 Å². The number of benzene rings is 1. The van der Waals surface area contributed by atoms with Crippen LogP contribution in [0.15, 0.2) is 34.9 Å². The summed E-state index contributed by atoms with van der Waals surface area (Å²) in [6.07, 6.45) is 6.17. The Morgan fingerprint density at radius 3 is 2.40 bits per heavy atom. The topological polar surface area (TPSA) is 79.4 Å². The van der Waals surface area contributed by atoms with Gasteiger partial charge in [-0.05, 0) is 61.3 Å². The van der Waals surface area contributed by atoms with Gasteiger partial charge in [-0.25, -0.2) is 13.4 Å². The molecular formula is C22H24BrN3O3S. The molecule has 2 bridgehead atoms. The molecule has 2 fully saturated rings. The number of halogens is 1. The molecule has 4 aliphatic rings. The molecule has 1 aromatic carbocycles. The highest BCUT2D eigenvalue weighted by Crippen LogP contribution is 2.52. The fourth-order valence-corrected chi connectivity index (χ4v) is 6.72. The van der Waals surface area contributed by atoms with Crippen molar-refractivity contribution in [3.63, 3.8) is 0 Å². The second kappa shape index (κ2) is 7.64. The molecule has 6 rings (SSSR count). The summed E-state index contributed by atoms with van der Waals surface area (Å²) in [6, 6.07) is 7.99. The molecule has 1 saturated carbocycles. The quantitative estimate of drug-likeness (QED) is 0.698. The van der Waals surface area contributed by atoms with E-state index in [0.717, 1.165) is 47.2 Å². The molecule has 1 aliphatic heterocycles. The number of carbonyl (C=O) groups is 1. The number of hydrogen-bond acceptors (Lipinski definition) is 5. The van der Waals surface area contributed by atoms with E-state index in [1.54, 1.807) is 11.1 Å². The Hall–Kier alpha value is -1.93. The van der Waals surface area contributed by atoms with Gasteiger partial charge in [-0.3, -0.25) is 4.79 Å². The third kappa shape index (κ3) is 3.64. The fraction of sp³-hybridized carbons (Fsp3) is 0.455. The predicted octanol–water partition coefficient (Wildman–Crippen LogP) is 4.21. The van der Waals surface area contributed by atoms with Gasteiger partial charge in [0.25, 0.3) is 5.91 Å². The number of aromatic nitrogens is 1. The van der Waals surface area contributed by atoms with Crippen LogP contribution in [0.3, 0.4) is 0 Å². The molecule has 3 aliphatic carbocycles. The van der Waals surface area contributed by atoms with E-state index in [4.69, 9.17) is 0 Å². The van der Waals surface area contributed by atoms with Crippen LogP contribution >= 0.6 is 15.9 Å². The van der Waals surface area contributed by atoms with Crippen molar-refractivity contribution >= 4 is 43.2 Å². The lowest BCUT2D eigenvalue weighted by Crippen LogP contribution is -2.44. The Morgan fingerprint density at radius 2 is 1.73 bits per heavy atom. The molecule has 158 valence electrons. The highest BCUT2D eigenvalue weighted by molar-refractivity contribution is 9.10. The maximum absolute atomic E-state index is 13.3. The van der Waals surface area contributed by atoms with Gasteiger partial charge in [-0.15, -0.1) is 0 Å². The van der Waals surface area contributed by atoms with Gasteiger partial charge in [0.1, 0.15) is 5.82 Å². The minimum Gasteiger partial charge on any atom is -0.340 e. The van der Waals surface area contributed by atoms with Crippen molar-refractivity contribution in [2.75, 3.05) is 29.9 Å². The van der Waals surface area contributed by atoms with E-state index >= 15 is 0 Å². The lowest BCUT2D eigenvalue weighted by molar-refractivity contribution is 0.0767. The standard InChI is InChI=1S/C22H24BrN3O3S/c23-16-2-1-3-17(12-16)25-21-20-15-6-4-14(5-7-15)19(20)18(13-24-21)22(27)26-8-10-30(28,29)11-9-26/h1-3,12-15H,4-11H2,(H,24,25). The van der Waals surface area contributed by atoms with E-state index in [1.165, 1.54) is 5.56 Å². The Morgan fingerprint density at radius 1 is 1.07 bits per heavy atom. The molecule has 30 heavy (non-hydrogen) atoms. The Balaban J connectivity index is 1.52. The van der Waals surface area contributed by atoms with Crippen molar-refractivity contribution in [1.29, 1.82) is 0 Å². The average Bonchev–Trinajstić information content (AvgIpc) is 2.74. The number of nitrogens with one attached hydrogen (secondary N) is 1. The third-order valence-corrected chi connectivity index (χ3v) is 8.75. The van der Waals surface area contributed by atoms with Crippen molar-refractivity contribution in [2.24, 2.45) is 0 Å². The number of hydrogen-bond donors (Lipinski definition) is 1. The average molecular weight is 490 g/mol. The van der Waals surface area contributed by atoms with E-state index < -0.39 is 9.84 Å². The highest BCUT2D eigenvalue weighted by atomic mass is 79.9. The molecule has 6 nitrogen and oxygen atoms in total. The number of anilines is 2. The molecule has 0 atom stereocenters. The van der Waals surface area contributed by atoms with E-state index in [0.29, 0.717) is 17.4 Å². The molecule has 0 unspecified atom stereocenters. The van der Waals surface area contributed by atoms with Crippen molar-refractivity contribution < 1.29 is 13.2 Å². The first-order chi connectivity index (χ1) is 14.4. The Kier molecular flexibility index (Phi) is 5.09. The van der Waals surface area contributed by atoms with Crippen LogP contribution in [0.1, 0.15) is 59.0 Å². The van der Waals surface area contributed by atoms with Crippen molar-refractivity contribution in [3.8, 4) is 0 Å². The molecule has 8 heteroatoms. The summed E-state index contributed by atoms with van der Waals surface area (Å²) in [5, 5.41) is 3.47. The van der Waals surface area contributed by atoms with Crippen LogP contribution in [0.2, 0.25) is 0 Å². The maximum atomic E-state index is 13.3. The van der Waals surface area contributed by atoms with Crippen molar-refractivity contribution in [1.82, 2.24) is 9.88 Å². The van der Waals surface area contributed by atoms with E-state index in [-0.39, 0.29) is 30.5 Å². The number of amides is 1. The number of pyridine rings is 1. The molecule has 1 amide bonds. The zero-order chi connectivity index (χ0) is 20.9. The summed E-state index contributed by atoms with van der Waals surface area (Å²) in [5.74, 6) is 1.65. The fourth-order valence-electron chi connectivity index (χ4n) is 5.12. The zero-order valence-electron chi connectivity index (χ0n) is 16.6. The minimum absolute atomic E-state index is 0.0446. The summed E-state index contributed by atoms with van der Waals surface area (Å²) in [5.41, 5.74) is 3.95. The van der Waals surface area contributed by atoms with Gasteiger partial charge in [0.15, 0.2) is 9.84 Å². The van der Waals surface area contributed by atoms with Gasteiger partial charge in [-0.1, -0.05) is 22.0 Å². The first-order valence-corrected chi connectivity index (χ1v) is 13.1. The monoisotopic (exact) mass is 489 g/mol. The summed E-state index contributed by atoms with van der Waals surface area (Å²) in [7, 11) is -3.03. The second-order valence-corrected chi connectivity index (χ2v) is 11.7. The largest absolute Gasteiger partial charge is 0.340 e. The normalized spacial score (nSPS) is 24.4. The zero-order valence-corrected chi connectivity index (χ0v) is 19.0. The predicted molar refractivity (Wildman–Crippen MR) is 120 cm³/mol. The molecule has 2 aromatic rings. The number of nitrogens with zero attached hydrogens (tertiary/aromatic N) is 2. The first kappa shape index (κ1) is 20.0. The smallest absolute Gasteiger partial charge is 0.255 e. The summed E-state index contributed by atoms with van der Waals surface area (Å²) >= 11 is 3.51. The molecule has 1 aromatic heterocycles. The van der Waals surface area contributed by atoms with Crippen LogP contribution in [0.25, 0.3) is 0 Å². The van der Waals surface area contributed by atoms with Crippen molar-refractivity contribution in [3.05, 3.63) is 51.6 Å². The molecule has 0 radical (unpaired) electrons. The van der Waals surface area contributed by atoms with Gasteiger partial charge in [0.05, 0.1) is 17.1 Å². The molecule has 2 heterocycles. The first-order valence-electron chi connectivity index (χ1n) is 10.5. The van der Waals surface area contributed by atoms with Crippen LogP contribution in [0.4, 0.5) is 11.5 Å². The highest BCUT2D eigenvalue weighted by Gasteiger charge is 2.39. The van der Waals surface area contributed by atoms with E-state index in [1.807, 2.05) is 24.3 Å². The van der Waals surface area contributed by atoms with Gasteiger partial charge in [0, 0.05) is 35.0 Å². The summed E-state index contributed by atoms with van der Waals surface area (Å²) < 4.78 is 24.5. The Labute approximate surface area is 185 Å². The van der Waals surface area contributed by atoms with Crippen molar-refractivity contribution in [2.45, 2.75) is 37.5 Å². The number of fused-ring (bicyclic) bond motifs is 2. The lowest BCUT2D eigenvalue weighted by atomic mass is 9.66. The van der Waals surface area contributed by atoms with Crippen LogP contribution in [0, 0.1) is 0 Å². The van der Waals surface area contributed by atoms with E-state index in [2.05, 4.69) is 26.2 Å². The molecule has 1 N–H and O–H groups in total. The summed E-state index contributed by atoms with van der Waals surface area (Å²) in [6.45, 7) is 0.532. The molecule has 0 spiro atoms. The maximum Gasteiger partial charge on any atom is 0.255 e. The number of rotatable bonds is 3. The Bertz CT molecular complexity index is 1100. The molecular weight excluding hydrogens is 466 g/mol. The number of carbonyl (C=O) groups excluding carboxylic acids is 1. The third-order valence-electron chi connectivity index (χ3n) is 6.65. The van der Waals surface area contributed by atoms with Crippen LogP contribution < -0.4 is 5.32 Å². The van der Waals surface area contributed by atoms with Crippen LogP contribution in [-0.4, -0.2) is 48.8 Å². The van der Waals surface area contributed by atoms with Gasteiger partial charge in [0.2, 0.25) is 0 Å².